The van der Waals surface area contributed by atoms with Gasteiger partial charge in [-0.3, -0.25) is 19.4 Å². The lowest BCUT2D eigenvalue weighted by atomic mass is 9.72. The van der Waals surface area contributed by atoms with Gasteiger partial charge in [0, 0.05) is 69.8 Å². The van der Waals surface area contributed by atoms with E-state index >= 15 is 0 Å². The topological polar surface area (TPSA) is 110 Å². The maximum absolute atomic E-state index is 12.6. The molecule has 3 heterocycles. The van der Waals surface area contributed by atoms with Crippen LogP contribution in [0.15, 0.2) is 18.5 Å². The second-order valence-electron chi connectivity index (χ2n) is 8.83. The first-order chi connectivity index (χ1) is 14.4. The van der Waals surface area contributed by atoms with E-state index < -0.39 is 11.2 Å². The van der Waals surface area contributed by atoms with Gasteiger partial charge in [0.25, 0.3) is 0 Å². The van der Waals surface area contributed by atoms with Crippen LogP contribution in [0.25, 0.3) is 0 Å². The number of aromatic nitrogens is 2. The Morgan fingerprint density at radius 3 is 2.13 bits per heavy atom. The van der Waals surface area contributed by atoms with Gasteiger partial charge in [-0.05, 0) is 38.3 Å². The number of amides is 2. The molecule has 0 unspecified atom stereocenters. The molecule has 3 fully saturated rings. The normalized spacial score (nSPS) is 24.1. The van der Waals surface area contributed by atoms with Crippen molar-refractivity contribution in [1.29, 1.82) is 0 Å². The van der Waals surface area contributed by atoms with Crippen LogP contribution in [0.4, 0.5) is 5.95 Å². The first-order valence-corrected chi connectivity index (χ1v) is 10.9. The van der Waals surface area contributed by atoms with Crippen LogP contribution in [-0.2, 0) is 9.59 Å². The lowest BCUT2D eigenvalue weighted by Gasteiger charge is -2.43. The highest BCUT2D eigenvalue weighted by molar-refractivity contribution is 5.98. The number of rotatable bonds is 6. The van der Waals surface area contributed by atoms with E-state index in [0.717, 1.165) is 51.5 Å². The molecular formula is C21H31N5O4. The smallest absolute Gasteiger partial charge is 0.229 e. The molecule has 2 saturated heterocycles. The van der Waals surface area contributed by atoms with Gasteiger partial charge in [-0.1, -0.05) is 0 Å². The molecule has 0 aromatic carbocycles. The first-order valence-electron chi connectivity index (χ1n) is 10.9. The molecule has 1 saturated carbocycles. The van der Waals surface area contributed by atoms with Gasteiger partial charge >= 0.3 is 0 Å². The molecule has 164 valence electrons. The van der Waals surface area contributed by atoms with Gasteiger partial charge in [0.2, 0.25) is 17.8 Å². The number of carbonyl (C=O) groups excluding carboxylic acids is 2. The summed E-state index contributed by atoms with van der Waals surface area (Å²) >= 11 is 0. The van der Waals surface area contributed by atoms with Gasteiger partial charge in [0.1, 0.15) is 0 Å². The molecule has 0 bridgehead atoms. The van der Waals surface area contributed by atoms with E-state index in [9.17, 15) is 19.8 Å². The van der Waals surface area contributed by atoms with Crippen LogP contribution in [0, 0.1) is 5.41 Å². The minimum absolute atomic E-state index is 0.0508. The maximum Gasteiger partial charge on any atom is 0.229 e. The van der Waals surface area contributed by atoms with Crippen LogP contribution in [0.5, 0.6) is 0 Å². The summed E-state index contributed by atoms with van der Waals surface area (Å²) in [5.74, 6) is -1.67. The van der Waals surface area contributed by atoms with Crippen LogP contribution >= 0.6 is 0 Å². The minimum atomic E-state index is -1.91. The Balaban J connectivity index is 1.19. The number of likely N-dealkylation sites (tertiary alicyclic amines) is 1. The molecule has 1 aromatic rings. The highest BCUT2D eigenvalue weighted by atomic mass is 16.5. The molecule has 9 nitrogen and oxygen atoms in total. The molecule has 2 aliphatic heterocycles. The van der Waals surface area contributed by atoms with Crippen LogP contribution in [0.1, 0.15) is 44.9 Å². The van der Waals surface area contributed by atoms with Crippen molar-refractivity contribution in [1.82, 2.24) is 19.8 Å². The number of hydrogen-bond acceptors (Lipinski definition) is 8. The Hall–Kier alpha value is -2.10. The largest absolute Gasteiger partial charge is 0.365 e. The third kappa shape index (κ3) is 4.19. The van der Waals surface area contributed by atoms with Crippen molar-refractivity contribution in [2.75, 3.05) is 44.2 Å². The number of unbranched alkanes of at least 4 members (excludes halogenated alkanes) is 1. The number of nitrogens with zero attached hydrogens (tertiary/aromatic N) is 5. The number of piperazine rings is 1. The molecule has 30 heavy (non-hydrogen) atoms. The van der Waals surface area contributed by atoms with E-state index in [1.807, 2.05) is 6.07 Å². The molecule has 1 aromatic heterocycles. The Morgan fingerprint density at radius 2 is 1.53 bits per heavy atom. The number of anilines is 1. The molecule has 4 rings (SSSR count). The predicted molar refractivity (Wildman–Crippen MR) is 109 cm³/mol. The lowest BCUT2D eigenvalue weighted by Crippen LogP contribution is -2.55. The molecule has 0 radical (unpaired) electrons. The van der Waals surface area contributed by atoms with Crippen LogP contribution in [0.3, 0.4) is 0 Å². The van der Waals surface area contributed by atoms with Crippen LogP contribution < -0.4 is 4.90 Å². The summed E-state index contributed by atoms with van der Waals surface area (Å²) in [6.07, 6.45) is 6.68. The zero-order valence-electron chi connectivity index (χ0n) is 17.4. The Bertz CT molecular complexity index is 746. The van der Waals surface area contributed by atoms with Crippen molar-refractivity contribution in [3.8, 4) is 0 Å². The SMILES string of the molecule is O=C1CC2(CCCC2(O)O)CC(=O)N1CCCCN1CCN(c2ncccn2)CC1. The quantitative estimate of drug-likeness (QED) is 0.388. The first kappa shape index (κ1) is 21.1. The van der Waals surface area contributed by atoms with Gasteiger partial charge in [0.15, 0.2) is 5.79 Å². The molecule has 3 aliphatic rings. The van der Waals surface area contributed by atoms with Crippen molar-refractivity contribution in [2.45, 2.75) is 50.7 Å². The summed E-state index contributed by atoms with van der Waals surface area (Å²) in [6.45, 7) is 5.00. The van der Waals surface area contributed by atoms with E-state index in [-0.39, 0.29) is 31.1 Å². The van der Waals surface area contributed by atoms with Crippen molar-refractivity contribution >= 4 is 17.8 Å². The average molecular weight is 418 g/mol. The maximum atomic E-state index is 12.6. The van der Waals surface area contributed by atoms with Crippen LogP contribution in [0.2, 0.25) is 0 Å². The van der Waals surface area contributed by atoms with E-state index in [1.165, 1.54) is 4.90 Å². The third-order valence-electron chi connectivity index (χ3n) is 6.92. The van der Waals surface area contributed by atoms with Gasteiger partial charge in [-0.2, -0.15) is 0 Å². The molecule has 1 spiro atoms. The monoisotopic (exact) mass is 417 g/mol. The number of hydrogen-bond donors (Lipinski definition) is 2. The second kappa shape index (κ2) is 8.56. The third-order valence-corrected chi connectivity index (χ3v) is 6.92. The second-order valence-corrected chi connectivity index (χ2v) is 8.83. The molecular weight excluding hydrogens is 386 g/mol. The van der Waals surface area contributed by atoms with Crippen molar-refractivity contribution in [3.05, 3.63) is 18.5 Å². The van der Waals surface area contributed by atoms with Crippen molar-refractivity contribution in [2.24, 2.45) is 5.41 Å². The standard InChI is InChI=1S/C21H31N5O4/c27-17-15-20(5-3-6-21(20,29)30)16-18(28)26(17)10-2-1-9-24-11-13-25(14-12-24)19-22-7-4-8-23-19/h4,7-8,29-30H,1-3,5-6,9-16H2. The fourth-order valence-corrected chi connectivity index (χ4v) is 5.05. The van der Waals surface area contributed by atoms with Crippen molar-refractivity contribution in [3.63, 3.8) is 0 Å². The molecule has 9 heteroatoms. The highest BCUT2D eigenvalue weighted by Gasteiger charge is 2.58. The van der Waals surface area contributed by atoms with E-state index in [2.05, 4.69) is 19.8 Å². The Labute approximate surface area is 176 Å². The highest BCUT2D eigenvalue weighted by Crippen LogP contribution is 2.52. The van der Waals surface area contributed by atoms with Crippen LogP contribution in [-0.4, -0.2) is 86.9 Å². The summed E-state index contributed by atoms with van der Waals surface area (Å²) in [5.41, 5.74) is -0.986. The molecule has 1 aliphatic carbocycles. The zero-order chi connectivity index (χ0) is 21.2. The number of aliphatic hydroxyl groups is 2. The minimum Gasteiger partial charge on any atom is -0.365 e. The number of carbonyl (C=O) groups is 2. The van der Waals surface area contributed by atoms with Gasteiger partial charge in [-0.25, -0.2) is 9.97 Å². The fourth-order valence-electron chi connectivity index (χ4n) is 5.05. The summed E-state index contributed by atoms with van der Waals surface area (Å²) in [6, 6.07) is 1.81. The fraction of sp³-hybridized carbons (Fsp3) is 0.714. The predicted octanol–water partition coefficient (Wildman–Crippen LogP) is 0.379. The van der Waals surface area contributed by atoms with Gasteiger partial charge < -0.3 is 15.1 Å². The lowest BCUT2D eigenvalue weighted by molar-refractivity contribution is -0.236. The van der Waals surface area contributed by atoms with E-state index in [1.54, 1.807) is 12.4 Å². The Morgan fingerprint density at radius 1 is 0.900 bits per heavy atom. The summed E-state index contributed by atoms with van der Waals surface area (Å²) in [4.78, 5) is 39.6. The summed E-state index contributed by atoms with van der Waals surface area (Å²) in [7, 11) is 0. The molecule has 2 N–H and O–H groups in total. The Kier molecular flexibility index (Phi) is 6.04. The van der Waals surface area contributed by atoms with Gasteiger partial charge in [-0.15, -0.1) is 0 Å². The van der Waals surface area contributed by atoms with Crippen molar-refractivity contribution < 1.29 is 19.8 Å². The van der Waals surface area contributed by atoms with Gasteiger partial charge in [0.05, 0.1) is 0 Å². The zero-order valence-corrected chi connectivity index (χ0v) is 17.4. The summed E-state index contributed by atoms with van der Waals surface area (Å²) in [5, 5.41) is 20.5. The summed E-state index contributed by atoms with van der Waals surface area (Å²) < 4.78 is 0. The van der Waals surface area contributed by atoms with E-state index in [4.69, 9.17) is 0 Å². The average Bonchev–Trinajstić information content (AvgIpc) is 3.01. The van der Waals surface area contributed by atoms with E-state index in [0.29, 0.717) is 19.4 Å². The molecule has 0 atom stereocenters. The number of piperidine rings is 1. The molecule has 2 amide bonds. The number of imide groups is 1.